The maximum absolute atomic E-state index is 12.2. The van der Waals surface area contributed by atoms with Gasteiger partial charge in [0.05, 0.1) is 5.52 Å². The highest BCUT2D eigenvalue weighted by Gasteiger charge is 2.17. The first-order valence-electron chi connectivity index (χ1n) is 6.45. The van der Waals surface area contributed by atoms with Crippen LogP contribution in [0.25, 0.3) is 10.9 Å². The van der Waals surface area contributed by atoms with Gasteiger partial charge in [-0.05, 0) is 23.6 Å². The molecule has 1 heterocycles. The number of hydrogen-bond acceptors (Lipinski definition) is 2. The van der Waals surface area contributed by atoms with Gasteiger partial charge in [0.2, 0.25) is 0 Å². The van der Waals surface area contributed by atoms with Gasteiger partial charge < -0.3 is 0 Å². The normalized spacial score (nSPS) is 12.9. The van der Waals surface area contributed by atoms with Crippen LogP contribution in [0.3, 0.4) is 0 Å². The number of rotatable bonds is 4. The van der Waals surface area contributed by atoms with E-state index in [1.807, 2.05) is 37.3 Å². The molecule has 0 saturated heterocycles. The molecule has 0 saturated carbocycles. The molecule has 18 heavy (non-hydrogen) atoms. The maximum atomic E-state index is 12.2. The second-order valence-corrected chi connectivity index (χ2v) is 5.16. The SMILES string of the molecule is CC(C)C(C)C(=O)Cc1ccnc2ccccc12. The zero-order valence-electron chi connectivity index (χ0n) is 11.2. The van der Waals surface area contributed by atoms with Crippen molar-refractivity contribution >= 4 is 16.7 Å². The number of fused-ring (bicyclic) bond motifs is 1. The average molecular weight is 241 g/mol. The molecular weight excluding hydrogens is 222 g/mol. The lowest BCUT2D eigenvalue weighted by atomic mass is 9.89. The Balaban J connectivity index is 2.30. The van der Waals surface area contributed by atoms with Crippen LogP contribution in [0.5, 0.6) is 0 Å². The minimum Gasteiger partial charge on any atom is -0.299 e. The average Bonchev–Trinajstić information content (AvgIpc) is 2.38. The Hall–Kier alpha value is -1.70. The summed E-state index contributed by atoms with van der Waals surface area (Å²) in [5.74, 6) is 0.809. The first kappa shape index (κ1) is 12.7. The van der Waals surface area contributed by atoms with E-state index in [0.29, 0.717) is 18.1 Å². The maximum Gasteiger partial charge on any atom is 0.140 e. The van der Waals surface area contributed by atoms with Crippen molar-refractivity contribution in [2.75, 3.05) is 0 Å². The van der Waals surface area contributed by atoms with Gasteiger partial charge in [-0.25, -0.2) is 0 Å². The summed E-state index contributed by atoms with van der Waals surface area (Å²) in [6.07, 6.45) is 2.29. The van der Waals surface area contributed by atoms with Gasteiger partial charge in [0.15, 0.2) is 0 Å². The first-order valence-corrected chi connectivity index (χ1v) is 6.45. The van der Waals surface area contributed by atoms with E-state index in [0.717, 1.165) is 16.5 Å². The number of pyridine rings is 1. The summed E-state index contributed by atoms with van der Waals surface area (Å²) in [6.45, 7) is 6.19. The molecule has 0 aliphatic rings. The molecule has 2 nitrogen and oxygen atoms in total. The predicted molar refractivity (Wildman–Crippen MR) is 74.5 cm³/mol. The Bertz CT molecular complexity index is 555. The summed E-state index contributed by atoms with van der Waals surface area (Å²) in [4.78, 5) is 16.5. The number of Topliss-reactive ketones (excluding diaryl/α,β-unsaturated/α-hetero) is 1. The van der Waals surface area contributed by atoms with E-state index in [9.17, 15) is 4.79 Å². The van der Waals surface area contributed by atoms with Gasteiger partial charge in [-0.2, -0.15) is 0 Å². The van der Waals surface area contributed by atoms with Crippen molar-refractivity contribution in [1.29, 1.82) is 0 Å². The molecule has 0 aliphatic heterocycles. The quantitative estimate of drug-likeness (QED) is 0.818. The van der Waals surface area contributed by atoms with Crippen LogP contribution in [0.1, 0.15) is 26.3 Å². The summed E-state index contributed by atoms with van der Waals surface area (Å²) in [7, 11) is 0. The Morgan fingerprint density at radius 2 is 1.89 bits per heavy atom. The van der Waals surface area contributed by atoms with Crippen LogP contribution in [0.2, 0.25) is 0 Å². The van der Waals surface area contributed by atoms with Gasteiger partial charge >= 0.3 is 0 Å². The Morgan fingerprint density at radius 1 is 1.17 bits per heavy atom. The number of ketones is 1. The molecule has 0 amide bonds. The largest absolute Gasteiger partial charge is 0.299 e. The third-order valence-electron chi connectivity index (χ3n) is 3.61. The van der Waals surface area contributed by atoms with E-state index < -0.39 is 0 Å². The van der Waals surface area contributed by atoms with Crippen molar-refractivity contribution in [3.63, 3.8) is 0 Å². The second kappa shape index (κ2) is 5.30. The smallest absolute Gasteiger partial charge is 0.140 e. The van der Waals surface area contributed by atoms with Gasteiger partial charge in [0.1, 0.15) is 5.78 Å². The van der Waals surface area contributed by atoms with Gasteiger partial charge in [-0.1, -0.05) is 39.0 Å². The summed E-state index contributed by atoms with van der Waals surface area (Å²) in [5, 5.41) is 1.09. The summed E-state index contributed by atoms with van der Waals surface area (Å²) < 4.78 is 0. The molecule has 0 aliphatic carbocycles. The van der Waals surface area contributed by atoms with E-state index >= 15 is 0 Å². The Morgan fingerprint density at radius 3 is 2.61 bits per heavy atom. The minimum absolute atomic E-state index is 0.108. The molecule has 94 valence electrons. The first-order chi connectivity index (χ1) is 8.59. The van der Waals surface area contributed by atoms with E-state index in [2.05, 4.69) is 18.8 Å². The fraction of sp³-hybridized carbons (Fsp3) is 0.375. The molecule has 0 radical (unpaired) electrons. The highest BCUT2D eigenvalue weighted by atomic mass is 16.1. The molecule has 0 bridgehead atoms. The predicted octanol–water partition coefficient (Wildman–Crippen LogP) is 3.64. The Labute approximate surface area is 108 Å². The lowest BCUT2D eigenvalue weighted by Gasteiger charge is -2.14. The van der Waals surface area contributed by atoms with Crippen molar-refractivity contribution < 1.29 is 4.79 Å². The van der Waals surface area contributed by atoms with E-state index in [1.165, 1.54) is 0 Å². The lowest BCUT2D eigenvalue weighted by molar-refractivity contribution is -0.122. The zero-order valence-corrected chi connectivity index (χ0v) is 11.2. The molecule has 0 N–H and O–H groups in total. The van der Waals surface area contributed by atoms with Crippen molar-refractivity contribution in [2.24, 2.45) is 11.8 Å². The molecule has 2 aromatic rings. The molecular formula is C16H19NO. The fourth-order valence-corrected chi connectivity index (χ4v) is 2.03. The van der Waals surface area contributed by atoms with Gasteiger partial charge in [-0.3, -0.25) is 9.78 Å². The molecule has 1 atom stereocenters. The Kier molecular flexibility index (Phi) is 3.75. The third kappa shape index (κ3) is 2.58. The van der Waals surface area contributed by atoms with Crippen LogP contribution < -0.4 is 0 Å². The van der Waals surface area contributed by atoms with E-state index in [4.69, 9.17) is 0 Å². The molecule has 2 heteroatoms. The van der Waals surface area contributed by atoms with Crippen LogP contribution in [0, 0.1) is 11.8 Å². The van der Waals surface area contributed by atoms with Crippen LogP contribution in [-0.4, -0.2) is 10.8 Å². The van der Waals surface area contributed by atoms with Gasteiger partial charge in [-0.15, -0.1) is 0 Å². The molecule has 1 aromatic carbocycles. The second-order valence-electron chi connectivity index (χ2n) is 5.16. The number of hydrogen-bond donors (Lipinski definition) is 0. The highest BCUT2D eigenvalue weighted by molar-refractivity contribution is 5.89. The highest BCUT2D eigenvalue weighted by Crippen LogP contribution is 2.20. The van der Waals surface area contributed by atoms with Gasteiger partial charge in [0, 0.05) is 23.9 Å². The zero-order chi connectivity index (χ0) is 13.1. The molecule has 0 spiro atoms. The van der Waals surface area contributed by atoms with Gasteiger partial charge in [0.25, 0.3) is 0 Å². The minimum atomic E-state index is 0.108. The molecule has 2 rings (SSSR count). The molecule has 1 unspecified atom stereocenters. The standard InChI is InChI=1S/C16H19NO/c1-11(2)12(3)16(18)10-13-8-9-17-15-7-5-4-6-14(13)15/h4-9,11-12H,10H2,1-3H3. The van der Waals surface area contributed by atoms with E-state index in [-0.39, 0.29) is 5.92 Å². The van der Waals surface area contributed by atoms with Crippen molar-refractivity contribution in [3.05, 3.63) is 42.1 Å². The van der Waals surface area contributed by atoms with Crippen LogP contribution in [0.4, 0.5) is 0 Å². The summed E-state index contributed by atoms with van der Waals surface area (Å²) in [5.41, 5.74) is 2.04. The van der Waals surface area contributed by atoms with E-state index in [1.54, 1.807) is 6.20 Å². The number of aromatic nitrogens is 1. The van der Waals surface area contributed by atoms with Crippen molar-refractivity contribution in [2.45, 2.75) is 27.2 Å². The topological polar surface area (TPSA) is 30.0 Å². The molecule has 1 aromatic heterocycles. The monoisotopic (exact) mass is 241 g/mol. The number of nitrogens with zero attached hydrogens (tertiary/aromatic N) is 1. The lowest BCUT2D eigenvalue weighted by Crippen LogP contribution is -2.19. The van der Waals surface area contributed by atoms with Crippen molar-refractivity contribution in [1.82, 2.24) is 4.98 Å². The summed E-state index contributed by atoms with van der Waals surface area (Å²) >= 11 is 0. The molecule has 0 fully saturated rings. The van der Waals surface area contributed by atoms with Crippen LogP contribution in [0.15, 0.2) is 36.5 Å². The van der Waals surface area contributed by atoms with Crippen LogP contribution in [-0.2, 0) is 11.2 Å². The number of para-hydroxylation sites is 1. The number of carbonyl (C=O) groups is 1. The van der Waals surface area contributed by atoms with Crippen LogP contribution >= 0.6 is 0 Å². The number of carbonyl (C=O) groups excluding carboxylic acids is 1. The van der Waals surface area contributed by atoms with Crippen molar-refractivity contribution in [3.8, 4) is 0 Å². The third-order valence-corrected chi connectivity index (χ3v) is 3.61. The number of benzene rings is 1. The summed E-state index contributed by atoms with van der Waals surface area (Å²) in [6, 6.07) is 9.93. The fourth-order valence-electron chi connectivity index (χ4n) is 2.03.